The van der Waals surface area contributed by atoms with E-state index in [4.69, 9.17) is 0 Å². The lowest BCUT2D eigenvalue weighted by atomic mass is 10.8. The number of hydrazine groups is 1. The molecule has 0 aromatic rings. The third-order valence-corrected chi connectivity index (χ3v) is 2.62. The number of hydrogen-bond acceptors (Lipinski definition) is 2. The Morgan fingerprint density at radius 2 is 2.67 bits per heavy atom. The summed E-state index contributed by atoms with van der Waals surface area (Å²) in [5.74, 6) is 0. The zero-order valence-corrected chi connectivity index (χ0v) is 5.48. The van der Waals surface area contributed by atoms with Crippen molar-refractivity contribution in [2.45, 2.75) is 6.04 Å². The largest absolute Gasteiger partial charge is 0.276 e. The van der Waals surface area contributed by atoms with Gasteiger partial charge in [-0.1, -0.05) is 0 Å². The molecule has 0 unspecified atom stereocenters. The molecule has 1 aliphatic rings. The van der Waals surface area contributed by atoms with Crippen molar-refractivity contribution in [3.05, 3.63) is 0 Å². The Hall–Kier alpha value is 0.137. The predicted molar refractivity (Wildman–Crippen MR) is 29.1 cm³/mol. The topological polar surface area (TPSA) is 15.3 Å². The van der Waals surface area contributed by atoms with Gasteiger partial charge in [0.25, 0.3) is 0 Å². The first kappa shape index (κ1) is 4.30. The van der Waals surface area contributed by atoms with Gasteiger partial charge >= 0.3 is 0 Å². The lowest BCUT2D eigenvalue weighted by molar-refractivity contribution is 0.439. The van der Waals surface area contributed by atoms with E-state index in [0.717, 1.165) is 0 Å². The van der Waals surface area contributed by atoms with Gasteiger partial charge in [-0.05, 0) is 13.1 Å². The highest BCUT2D eigenvalue weighted by Gasteiger charge is 2.02. The van der Waals surface area contributed by atoms with Crippen LogP contribution in [0.5, 0.6) is 0 Å². The minimum Gasteiger partial charge on any atom is -0.276 e. The fourth-order valence-corrected chi connectivity index (χ4v) is 1.77. The van der Waals surface area contributed by atoms with Crippen molar-refractivity contribution in [1.29, 1.82) is 0 Å². The normalized spacial score (nSPS) is 29.5. The molecule has 0 spiro atoms. The molecule has 0 saturated carbocycles. The van der Waals surface area contributed by atoms with Crippen LogP contribution in [0.2, 0.25) is 6.04 Å². The summed E-state index contributed by atoms with van der Waals surface area (Å²) < 4.78 is 2.25. The van der Waals surface area contributed by atoms with Gasteiger partial charge in [-0.3, -0.25) is 10.1 Å². The molecule has 1 N–H and O–H groups in total. The summed E-state index contributed by atoms with van der Waals surface area (Å²) in [5, 5.41) is 0. The highest BCUT2D eigenvalue weighted by Crippen LogP contribution is 1.86. The monoisotopic (exact) mass is 102 g/mol. The van der Waals surface area contributed by atoms with E-state index in [9.17, 15) is 0 Å². The van der Waals surface area contributed by atoms with E-state index >= 15 is 0 Å². The average Bonchev–Trinajstić information content (AvgIpc) is 1.86. The molecule has 1 aliphatic heterocycles. The summed E-state index contributed by atoms with van der Waals surface area (Å²) in [4.78, 5) is 0. The Morgan fingerprint density at radius 1 is 1.83 bits per heavy atom. The first-order valence-electron chi connectivity index (χ1n) is 2.34. The molecule has 0 bridgehead atoms. The quantitative estimate of drug-likeness (QED) is 0.392. The molecule has 3 heteroatoms. The van der Waals surface area contributed by atoms with Crippen molar-refractivity contribution in [1.82, 2.24) is 10.1 Å². The molecule has 6 heavy (non-hydrogen) atoms. The van der Waals surface area contributed by atoms with Crippen molar-refractivity contribution in [3.8, 4) is 0 Å². The second-order valence-electron chi connectivity index (χ2n) is 1.68. The van der Waals surface area contributed by atoms with Gasteiger partial charge in [-0.15, -0.1) is 0 Å². The van der Waals surface area contributed by atoms with Crippen LogP contribution in [0.15, 0.2) is 0 Å². The SMILES string of the molecule is CN1NCC[SiH2]1. The summed E-state index contributed by atoms with van der Waals surface area (Å²) >= 11 is 0. The summed E-state index contributed by atoms with van der Waals surface area (Å²) in [6, 6.07) is 1.44. The molecule has 0 radical (unpaired) electrons. The van der Waals surface area contributed by atoms with Crippen molar-refractivity contribution in [2.75, 3.05) is 13.6 Å². The molecule has 0 amide bonds. The molecule has 0 atom stereocenters. The molecule has 1 rings (SSSR count). The van der Waals surface area contributed by atoms with E-state index in [-0.39, 0.29) is 9.68 Å². The molecule has 0 aliphatic carbocycles. The smallest absolute Gasteiger partial charge is 0.115 e. The second-order valence-corrected chi connectivity index (χ2v) is 3.79. The molecule has 0 aromatic heterocycles. The van der Waals surface area contributed by atoms with E-state index in [0.29, 0.717) is 0 Å². The van der Waals surface area contributed by atoms with Crippen LogP contribution in [0.3, 0.4) is 0 Å². The number of nitrogens with one attached hydrogen (secondary N) is 1. The fraction of sp³-hybridized carbons (Fsp3) is 1.00. The Balaban J connectivity index is 2.18. The van der Waals surface area contributed by atoms with Crippen molar-refractivity contribution in [2.24, 2.45) is 0 Å². The van der Waals surface area contributed by atoms with Crippen LogP contribution in [-0.4, -0.2) is 27.9 Å². The van der Waals surface area contributed by atoms with Gasteiger partial charge in [0.1, 0.15) is 9.68 Å². The molecular weight excluding hydrogens is 92.1 g/mol. The molecule has 1 fully saturated rings. The lowest BCUT2D eigenvalue weighted by Crippen LogP contribution is -2.27. The molecule has 0 aromatic carbocycles. The Morgan fingerprint density at radius 3 is 2.83 bits per heavy atom. The first-order chi connectivity index (χ1) is 2.89. The minimum absolute atomic E-state index is 0.190. The van der Waals surface area contributed by atoms with E-state index in [2.05, 4.69) is 17.1 Å². The molecule has 2 nitrogen and oxygen atoms in total. The number of rotatable bonds is 0. The van der Waals surface area contributed by atoms with Crippen LogP contribution in [0.4, 0.5) is 0 Å². The maximum absolute atomic E-state index is 3.21. The number of nitrogens with zero attached hydrogens (tertiary/aromatic N) is 1. The standard InChI is InChI=1S/C3H10N2Si/c1-5-4-2-3-6-5/h4H,2-3,6H2,1H3. The van der Waals surface area contributed by atoms with Gasteiger partial charge in [0, 0.05) is 6.54 Å². The zero-order chi connectivity index (χ0) is 4.41. The maximum atomic E-state index is 3.21. The molecule has 1 saturated heterocycles. The van der Waals surface area contributed by atoms with Crippen LogP contribution in [0.25, 0.3) is 0 Å². The summed E-state index contributed by atoms with van der Waals surface area (Å²) in [7, 11) is 2.31. The maximum Gasteiger partial charge on any atom is 0.115 e. The minimum atomic E-state index is 0.190. The van der Waals surface area contributed by atoms with E-state index in [1.807, 2.05) is 0 Å². The van der Waals surface area contributed by atoms with Gasteiger partial charge in [0.05, 0.1) is 0 Å². The van der Waals surface area contributed by atoms with Crippen LogP contribution in [0, 0.1) is 0 Å². The van der Waals surface area contributed by atoms with Gasteiger partial charge in [-0.25, -0.2) is 0 Å². The van der Waals surface area contributed by atoms with Crippen LogP contribution in [-0.2, 0) is 0 Å². The van der Waals surface area contributed by atoms with Crippen LogP contribution >= 0.6 is 0 Å². The van der Waals surface area contributed by atoms with E-state index in [1.165, 1.54) is 12.6 Å². The van der Waals surface area contributed by atoms with Crippen molar-refractivity contribution < 1.29 is 0 Å². The third kappa shape index (κ3) is 0.799. The average molecular weight is 102 g/mol. The first-order valence-corrected chi connectivity index (χ1v) is 3.97. The third-order valence-electron chi connectivity index (χ3n) is 1.05. The predicted octanol–water partition coefficient (Wildman–Crippen LogP) is -1.06. The highest BCUT2D eigenvalue weighted by atomic mass is 28.2. The van der Waals surface area contributed by atoms with E-state index in [1.54, 1.807) is 0 Å². The Bertz CT molecular complexity index is 42.1. The summed E-state index contributed by atoms with van der Waals surface area (Å²) in [5.41, 5.74) is 3.21. The second kappa shape index (κ2) is 1.73. The fourth-order valence-electron chi connectivity index (χ4n) is 0.665. The van der Waals surface area contributed by atoms with Crippen molar-refractivity contribution in [3.63, 3.8) is 0 Å². The van der Waals surface area contributed by atoms with Crippen LogP contribution < -0.4 is 5.43 Å². The molecular formula is C3H10N2Si. The van der Waals surface area contributed by atoms with E-state index < -0.39 is 0 Å². The van der Waals surface area contributed by atoms with Gasteiger partial charge in [-0.2, -0.15) is 0 Å². The van der Waals surface area contributed by atoms with Crippen LogP contribution in [0.1, 0.15) is 0 Å². The van der Waals surface area contributed by atoms with Gasteiger partial charge in [0.2, 0.25) is 0 Å². The summed E-state index contributed by atoms with van der Waals surface area (Å²) in [6.07, 6.45) is 0. The Labute approximate surface area is 40.4 Å². The van der Waals surface area contributed by atoms with Gasteiger partial charge < -0.3 is 0 Å². The molecule has 1 heterocycles. The summed E-state index contributed by atoms with van der Waals surface area (Å²) in [6.45, 7) is 1.22. The number of hydrogen-bond donors (Lipinski definition) is 1. The zero-order valence-electron chi connectivity index (χ0n) is 4.07. The van der Waals surface area contributed by atoms with Crippen molar-refractivity contribution >= 4 is 9.68 Å². The Kier molecular flexibility index (Phi) is 1.24. The molecule has 36 valence electrons. The van der Waals surface area contributed by atoms with Gasteiger partial charge in [0.15, 0.2) is 0 Å². The lowest BCUT2D eigenvalue weighted by Gasteiger charge is -2.03. The highest BCUT2D eigenvalue weighted by molar-refractivity contribution is 6.32.